The number of anilines is 2. The number of hydrogen-bond donors (Lipinski definition) is 1. The molecule has 0 fully saturated rings. The number of ether oxygens (including phenoxy) is 1. The normalized spacial score (nSPS) is 10.3. The molecule has 2 aromatic carbocycles. The second kappa shape index (κ2) is 8.80. The molecule has 6 nitrogen and oxygen atoms in total. The summed E-state index contributed by atoms with van der Waals surface area (Å²) in [4.78, 5) is 23.4. The van der Waals surface area contributed by atoms with Crippen LogP contribution in [-0.2, 0) is 6.54 Å². The Morgan fingerprint density at radius 3 is 2.56 bits per heavy atom. The molecule has 0 aliphatic rings. The number of carbonyl (C=O) groups excluding carboxylic acids is 1. The number of aromatic nitrogens is 2. The molecule has 0 saturated carbocycles. The Morgan fingerprint density at radius 2 is 1.81 bits per heavy atom. The van der Waals surface area contributed by atoms with E-state index in [1.54, 1.807) is 31.5 Å². The summed E-state index contributed by atoms with van der Waals surface area (Å²) in [5, 5.41) is 2.84. The predicted molar refractivity (Wildman–Crippen MR) is 106 cm³/mol. The van der Waals surface area contributed by atoms with Gasteiger partial charge in [-0.05, 0) is 30.7 Å². The summed E-state index contributed by atoms with van der Waals surface area (Å²) in [6.07, 6.45) is 1.60. The van der Waals surface area contributed by atoms with Crippen LogP contribution in [0.3, 0.4) is 0 Å². The van der Waals surface area contributed by atoms with Gasteiger partial charge in [0.05, 0.1) is 12.8 Å². The van der Waals surface area contributed by atoms with E-state index in [1.165, 1.54) is 0 Å². The van der Waals surface area contributed by atoms with Gasteiger partial charge < -0.3 is 15.0 Å². The van der Waals surface area contributed by atoms with Crippen LogP contribution in [0.5, 0.6) is 5.75 Å². The van der Waals surface area contributed by atoms with Crippen LogP contribution in [0.25, 0.3) is 0 Å². The lowest BCUT2D eigenvalue weighted by Crippen LogP contribution is -2.25. The van der Waals surface area contributed by atoms with Gasteiger partial charge in [0.2, 0.25) is 5.95 Å². The van der Waals surface area contributed by atoms with Gasteiger partial charge in [-0.3, -0.25) is 4.79 Å². The van der Waals surface area contributed by atoms with Crippen LogP contribution in [-0.4, -0.2) is 29.5 Å². The molecule has 3 aromatic rings. The first-order valence-corrected chi connectivity index (χ1v) is 8.77. The van der Waals surface area contributed by atoms with Gasteiger partial charge in [0, 0.05) is 19.3 Å². The van der Waals surface area contributed by atoms with E-state index < -0.39 is 0 Å². The monoisotopic (exact) mass is 362 g/mol. The first-order valence-electron chi connectivity index (χ1n) is 8.77. The summed E-state index contributed by atoms with van der Waals surface area (Å²) in [5.41, 5.74) is 2.06. The Morgan fingerprint density at radius 1 is 1.07 bits per heavy atom. The molecular formula is C21H22N4O2. The molecule has 0 radical (unpaired) electrons. The number of carbonyl (C=O) groups is 1. The van der Waals surface area contributed by atoms with Gasteiger partial charge in [-0.15, -0.1) is 0 Å². The number of amides is 1. The van der Waals surface area contributed by atoms with Gasteiger partial charge >= 0.3 is 0 Å². The summed E-state index contributed by atoms with van der Waals surface area (Å²) in [7, 11) is 1.57. The van der Waals surface area contributed by atoms with Gasteiger partial charge in [-0.25, -0.2) is 9.97 Å². The highest BCUT2D eigenvalue weighted by atomic mass is 16.5. The van der Waals surface area contributed by atoms with E-state index in [-0.39, 0.29) is 5.91 Å². The van der Waals surface area contributed by atoms with Crippen molar-refractivity contribution in [2.24, 2.45) is 0 Å². The average molecular weight is 362 g/mol. The minimum absolute atomic E-state index is 0.303. The zero-order valence-corrected chi connectivity index (χ0v) is 15.4. The van der Waals surface area contributed by atoms with Crippen LogP contribution in [0.4, 0.5) is 11.6 Å². The molecule has 27 heavy (non-hydrogen) atoms. The largest absolute Gasteiger partial charge is 0.495 e. The quantitative estimate of drug-likeness (QED) is 0.693. The van der Waals surface area contributed by atoms with Crippen LogP contribution in [0.1, 0.15) is 23.0 Å². The minimum atomic E-state index is -0.307. The lowest BCUT2D eigenvalue weighted by Gasteiger charge is -2.21. The standard InChI is InChI=1S/C21H22N4O2/c1-3-25(15-16-9-5-4-6-10-16)21-22-14-13-18(24-21)20(26)23-17-11-7-8-12-19(17)27-2/h4-14H,3,15H2,1-2H3,(H,23,26). The third-order valence-electron chi connectivity index (χ3n) is 4.11. The van der Waals surface area contributed by atoms with Crippen LogP contribution in [0, 0.1) is 0 Å². The van der Waals surface area contributed by atoms with Crippen LogP contribution >= 0.6 is 0 Å². The van der Waals surface area contributed by atoms with Crippen molar-refractivity contribution in [3.63, 3.8) is 0 Å². The maximum atomic E-state index is 12.6. The molecule has 1 amide bonds. The van der Waals surface area contributed by atoms with E-state index in [2.05, 4.69) is 27.4 Å². The molecule has 0 unspecified atom stereocenters. The molecule has 0 atom stereocenters. The van der Waals surface area contributed by atoms with Crippen molar-refractivity contribution in [2.75, 3.05) is 23.9 Å². The van der Waals surface area contributed by atoms with E-state index in [9.17, 15) is 4.79 Å². The van der Waals surface area contributed by atoms with Gasteiger partial charge in [0.1, 0.15) is 11.4 Å². The smallest absolute Gasteiger partial charge is 0.274 e. The Kier molecular flexibility index (Phi) is 5.99. The first kappa shape index (κ1) is 18.4. The zero-order valence-electron chi connectivity index (χ0n) is 15.4. The van der Waals surface area contributed by atoms with E-state index in [0.717, 1.165) is 12.1 Å². The molecule has 1 N–H and O–H groups in total. The fourth-order valence-corrected chi connectivity index (χ4v) is 2.69. The van der Waals surface area contributed by atoms with Crippen molar-refractivity contribution in [2.45, 2.75) is 13.5 Å². The summed E-state index contributed by atoms with van der Waals surface area (Å²) in [6, 6.07) is 19.0. The van der Waals surface area contributed by atoms with Crippen LogP contribution in [0.2, 0.25) is 0 Å². The summed E-state index contributed by atoms with van der Waals surface area (Å²) < 4.78 is 5.27. The number of para-hydroxylation sites is 2. The second-order valence-corrected chi connectivity index (χ2v) is 5.90. The maximum absolute atomic E-state index is 12.6. The summed E-state index contributed by atoms with van der Waals surface area (Å²) in [5.74, 6) is 0.812. The fraction of sp³-hybridized carbons (Fsp3) is 0.190. The molecule has 0 spiro atoms. The highest BCUT2D eigenvalue weighted by molar-refractivity contribution is 6.03. The molecular weight excluding hydrogens is 340 g/mol. The molecule has 0 saturated heterocycles. The maximum Gasteiger partial charge on any atom is 0.274 e. The minimum Gasteiger partial charge on any atom is -0.495 e. The molecule has 0 aliphatic carbocycles. The number of hydrogen-bond acceptors (Lipinski definition) is 5. The molecule has 1 aromatic heterocycles. The van der Waals surface area contributed by atoms with E-state index in [0.29, 0.717) is 29.6 Å². The second-order valence-electron chi connectivity index (χ2n) is 5.90. The number of benzene rings is 2. The third kappa shape index (κ3) is 4.61. The van der Waals surface area contributed by atoms with Gasteiger partial charge in [-0.1, -0.05) is 42.5 Å². The summed E-state index contributed by atoms with van der Waals surface area (Å²) in [6.45, 7) is 3.44. The molecule has 6 heteroatoms. The van der Waals surface area contributed by atoms with Crippen molar-refractivity contribution in [1.29, 1.82) is 0 Å². The number of rotatable bonds is 7. The van der Waals surface area contributed by atoms with Gasteiger partial charge in [-0.2, -0.15) is 0 Å². The van der Waals surface area contributed by atoms with Crippen molar-refractivity contribution in [3.8, 4) is 5.75 Å². The Labute approximate surface area is 158 Å². The lowest BCUT2D eigenvalue weighted by atomic mass is 10.2. The van der Waals surface area contributed by atoms with Crippen molar-refractivity contribution in [1.82, 2.24) is 9.97 Å². The Bertz CT molecular complexity index is 899. The van der Waals surface area contributed by atoms with Crippen molar-refractivity contribution >= 4 is 17.5 Å². The lowest BCUT2D eigenvalue weighted by molar-refractivity contribution is 0.102. The molecule has 0 aliphatic heterocycles. The molecule has 0 bridgehead atoms. The van der Waals surface area contributed by atoms with Crippen molar-refractivity contribution < 1.29 is 9.53 Å². The van der Waals surface area contributed by atoms with E-state index >= 15 is 0 Å². The van der Waals surface area contributed by atoms with E-state index in [4.69, 9.17) is 4.74 Å². The molecule has 138 valence electrons. The highest BCUT2D eigenvalue weighted by Crippen LogP contribution is 2.23. The predicted octanol–water partition coefficient (Wildman–Crippen LogP) is 3.76. The molecule has 1 heterocycles. The summed E-state index contributed by atoms with van der Waals surface area (Å²) >= 11 is 0. The van der Waals surface area contributed by atoms with Crippen molar-refractivity contribution in [3.05, 3.63) is 78.1 Å². The van der Waals surface area contributed by atoms with Gasteiger partial charge in [0.15, 0.2) is 0 Å². The van der Waals surface area contributed by atoms with E-state index in [1.807, 2.05) is 42.2 Å². The Balaban J connectivity index is 1.78. The first-order chi connectivity index (χ1) is 13.2. The topological polar surface area (TPSA) is 67.4 Å². The number of nitrogens with zero attached hydrogens (tertiary/aromatic N) is 3. The highest BCUT2D eigenvalue weighted by Gasteiger charge is 2.14. The number of methoxy groups -OCH3 is 1. The Hall–Kier alpha value is -3.41. The van der Waals surface area contributed by atoms with Gasteiger partial charge in [0.25, 0.3) is 5.91 Å². The third-order valence-corrected chi connectivity index (χ3v) is 4.11. The SMILES string of the molecule is CCN(Cc1ccccc1)c1nccc(C(=O)Nc2ccccc2OC)n1. The van der Waals surface area contributed by atoms with Crippen LogP contribution in [0.15, 0.2) is 66.9 Å². The average Bonchev–Trinajstić information content (AvgIpc) is 2.73. The van der Waals surface area contributed by atoms with Crippen LogP contribution < -0.4 is 15.0 Å². The molecule has 3 rings (SSSR count). The number of nitrogens with one attached hydrogen (secondary N) is 1. The fourth-order valence-electron chi connectivity index (χ4n) is 2.69. The zero-order chi connectivity index (χ0) is 19.1.